The van der Waals surface area contributed by atoms with E-state index >= 15 is 0 Å². The average molecular weight is 466 g/mol. The SMILES string of the molecule is FC(OC(F)(F)C(F)(F)C(F)(F)F)C(F)(F)OCC(F)(F)C(F)(F)C(F)(F)F. The molecule has 1 unspecified atom stereocenters. The summed E-state index contributed by atoms with van der Waals surface area (Å²) in [6, 6.07) is 0. The second kappa shape index (κ2) is 7.21. The molecule has 0 radical (unpaired) electrons. The first-order chi connectivity index (χ1) is 11.8. The van der Waals surface area contributed by atoms with Crippen molar-refractivity contribution in [2.45, 2.75) is 48.7 Å². The van der Waals surface area contributed by atoms with E-state index in [0.29, 0.717) is 0 Å². The molecule has 0 rings (SSSR count). The van der Waals surface area contributed by atoms with E-state index in [2.05, 4.69) is 4.74 Å². The van der Waals surface area contributed by atoms with Crippen LogP contribution in [-0.2, 0) is 9.47 Å². The van der Waals surface area contributed by atoms with Crippen LogP contribution in [-0.4, -0.2) is 55.3 Å². The number of hydrogen-bond acceptors (Lipinski definition) is 2. The molecule has 1 atom stereocenters. The molecule has 0 aromatic rings. The molecule has 0 N–H and O–H groups in total. The molecule has 0 aromatic carbocycles. The fourth-order valence-corrected chi connectivity index (χ4v) is 0.988. The zero-order chi connectivity index (χ0) is 23.2. The molecule has 0 amide bonds. The molecule has 0 saturated heterocycles. The Morgan fingerprint density at radius 2 is 0.929 bits per heavy atom. The monoisotopic (exact) mass is 466 g/mol. The Hall–Kier alpha value is -1.27. The Kier molecular flexibility index (Phi) is 6.88. The van der Waals surface area contributed by atoms with E-state index in [-0.39, 0.29) is 0 Å². The molecular formula is C9H3F17O2. The summed E-state index contributed by atoms with van der Waals surface area (Å²) in [4.78, 5) is 0. The summed E-state index contributed by atoms with van der Waals surface area (Å²) in [7, 11) is 0. The van der Waals surface area contributed by atoms with Crippen molar-refractivity contribution in [3.8, 4) is 0 Å². The van der Waals surface area contributed by atoms with E-state index in [4.69, 9.17) is 0 Å². The smallest absolute Gasteiger partial charge is 0.310 e. The lowest BCUT2D eigenvalue weighted by molar-refractivity contribution is -0.468. The molecule has 28 heavy (non-hydrogen) atoms. The maximum absolute atomic E-state index is 12.8. The number of alkyl halides is 17. The van der Waals surface area contributed by atoms with Crippen LogP contribution in [0.25, 0.3) is 0 Å². The van der Waals surface area contributed by atoms with Crippen molar-refractivity contribution in [1.82, 2.24) is 0 Å². The lowest BCUT2D eigenvalue weighted by Gasteiger charge is -2.32. The molecule has 0 aliphatic carbocycles. The lowest BCUT2D eigenvalue weighted by Crippen LogP contribution is -2.57. The van der Waals surface area contributed by atoms with Crippen molar-refractivity contribution < 1.29 is 84.1 Å². The minimum atomic E-state index is -7.31. The van der Waals surface area contributed by atoms with E-state index in [1.807, 2.05) is 4.74 Å². The Labute approximate surface area is 141 Å². The highest BCUT2D eigenvalue weighted by molar-refractivity contribution is 4.91. The first-order valence-electron chi connectivity index (χ1n) is 5.82. The summed E-state index contributed by atoms with van der Waals surface area (Å²) < 4.78 is 212. The van der Waals surface area contributed by atoms with Crippen LogP contribution in [0.2, 0.25) is 0 Å². The fourth-order valence-electron chi connectivity index (χ4n) is 0.988. The second-order valence-electron chi connectivity index (χ2n) is 4.65. The molecule has 0 bridgehead atoms. The molecule has 0 spiro atoms. The molecular weight excluding hydrogens is 463 g/mol. The summed E-state index contributed by atoms with van der Waals surface area (Å²) in [6.07, 6.45) is -33.2. The molecule has 0 aliphatic heterocycles. The number of hydrogen-bond donors (Lipinski definition) is 0. The van der Waals surface area contributed by atoms with Crippen molar-refractivity contribution in [3.63, 3.8) is 0 Å². The van der Waals surface area contributed by atoms with Crippen LogP contribution in [0.4, 0.5) is 74.6 Å². The highest BCUT2D eigenvalue weighted by atomic mass is 19.4. The molecule has 0 fully saturated rings. The highest BCUT2D eigenvalue weighted by Crippen LogP contribution is 2.49. The standard InChI is InChI=1S/C9H3F17O2/c10-2(28-9(25,26)6(17,18)8(22,23)24)4(13,14)27-1-3(11,12)5(15,16)7(19,20)21/h2H,1H2. The highest BCUT2D eigenvalue weighted by Gasteiger charge is 2.76. The predicted molar refractivity (Wildman–Crippen MR) is 48.8 cm³/mol. The van der Waals surface area contributed by atoms with Gasteiger partial charge in [0, 0.05) is 0 Å². The van der Waals surface area contributed by atoms with Crippen LogP contribution in [0, 0.1) is 0 Å². The summed E-state index contributed by atoms with van der Waals surface area (Å²) in [5.41, 5.74) is 0. The molecule has 170 valence electrons. The normalized spacial score (nSPS) is 17.0. The van der Waals surface area contributed by atoms with E-state index < -0.39 is 55.3 Å². The maximum Gasteiger partial charge on any atom is 0.462 e. The summed E-state index contributed by atoms with van der Waals surface area (Å²) >= 11 is 0. The number of halogens is 17. The van der Waals surface area contributed by atoms with Gasteiger partial charge in [0.15, 0.2) is 0 Å². The van der Waals surface area contributed by atoms with Crippen molar-refractivity contribution in [2.75, 3.05) is 6.61 Å². The van der Waals surface area contributed by atoms with Gasteiger partial charge in [-0.3, -0.25) is 4.74 Å². The van der Waals surface area contributed by atoms with Crippen LogP contribution in [0.5, 0.6) is 0 Å². The quantitative estimate of drug-likeness (QED) is 0.439. The summed E-state index contributed by atoms with van der Waals surface area (Å²) in [5.74, 6) is -21.0. The Balaban J connectivity index is 5.38. The van der Waals surface area contributed by atoms with Gasteiger partial charge in [-0.15, -0.1) is 0 Å². The first kappa shape index (κ1) is 26.7. The van der Waals surface area contributed by atoms with Crippen LogP contribution >= 0.6 is 0 Å². The van der Waals surface area contributed by atoms with Gasteiger partial charge >= 0.3 is 42.3 Å². The Morgan fingerprint density at radius 3 is 1.25 bits per heavy atom. The average Bonchev–Trinajstić information content (AvgIpc) is 2.42. The number of rotatable bonds is 8. The van der Waals surface area contributed by atoms with Crippen LogP contribution in [0.1, 0.15) is 0 Å². The zero-order valence-electron chi connectivity index (χ0n) is 12.0. The molecule has 19 heteroatoms. The summed E-state index contributed by atoms with van der Waals surface area (Å²) in [5, 5.41) is 0. The van der Waals surface area contributed by atoms with E-state index in [1.165, 1.54) is 0 Å². The van der Waals surface area contributed by atoms with Crippen LogP contribution in [0.3, 0.4) is 0 Å². The van der Waals surface area contributed by atoms with Gasteiger partial charge < -0.3 is 4.74 Å². The summed E-state index contributed by atoms with van der Waals surface area (Å²) in [6.45, 7) is -3.74. The van der Waals surface area contributed by atoms with E-state index in [0.717, 1.165) is 0 Å². The van der Waals surface area contributed by atoms with E-state index in [1.54, 1.807) is 0 Å². The van der Waals surface area contributed by atoms with Crippen LogP contribution < -0.4 is 0 Å². The van der Waals surface area contributed by atoms with Crippen LogP contribution in [0.15, 0.2) is 0 Å². The van der Waals surface area contributed by atoms with Gasteiger partial charge in [0.1, 0.15) is 6.61 Å². The topological polar surface area (TPSA) is 18.5 Å². The zero-order valence-corrected chi connectivity index (χ0v) is 12.0. The predicted octanol–water partition coefficient (Wildman–Crippen LogP) is 5.53. The third-order valence-corrected chi connectivity index (χ3v) is 2.50. The van der Waals surface area contributed by atoms with E-state index in [9.17, 15) is 74.6 Å². The van der Waals surface area contributed by atoms with Gasteiger partial charge in [0.05, 0.1) is 0 Å². The third kappa shape index (κ3) is 5.01. The molecule has 0 aromatic heterocycles. The molecule has 0 saturated carbocycles. The Morgan fingerprint density at radius 1 is 0.571 bits per heavy atom. The third-order valence-electron chi connectivity index (χ3n) is 2.50. The molecule has 0 aliphatic rings. The van der Waals surface area contributed by atoms with Gasteiger partial charge in [-0.1, -0.05) is 0 Å². The van der Waals surface area contributed by atoms with Gasteiger partial charge in [0.25, 0.3) is 6.36 Å². The maximum atomic E-state index is 12.8. The Bertz CT molecular complexity index is 532. The fraction of sp³-hybridized carbons (Fsp3) is 1.00. The van der Waals surface area contributed by atoms with Crippen molar-refractivity contribution in [3.05, 3.63) is 0 Å². The lowest BCUT2D eigenvalue weighted by atomic mass is 10.2. The van der Waals surface area contributed by atoms with Gasteiger partial charge in [-0.25, -0.2) is 4.39 Å². The van der Waals surface area contributed by atoms with Gasteiger partial charge in [-0.05, 0) is 0 Å². The number of ether oxygens (including phenoxy) is 2. The van der Waals surface area contributed by atoms with Crippen molar-refractivity contribution in [1.29, 1.82) is 0 Å². The van der Waals surface area contributed by atoms with Crippen molar-refractivity contribution >= 4 is 0 Å². The minimum Gasteiger partial charge on any atom is -0.310 e. The minimum absolute atomic E-state index is 1.81. The second-order valence-corrected chi connectivity index (χ2v) is 4.65. The van der Waals surface area contributed by atoms with Crippen molar-refractivity contribution in [2.24, 2.45) is 0 Å². The molecule has 2 nitrogen and oxygen atoms in total. The molecule has 0 heterocycles. The largest absolute Gasteiger partial charge is 0.462 e. The first-order valence-corrected chi connectivity index (χ1v) is 5.82. The van der Waals surface area contributed by atoms with Gasteiger partial charge in [0.2, 0.25) is 0 Å². The van der Waals surface area contributed by atoms with Gasteiger partial charge in [-0.2, -0.15) is 70.2 Å².